The summed E-state index contributed by atoms with van der Waals surface area (Å²) in [6.07, 6.45) is 1.68. The summed E-state index contributed by atoms with van der Waals surface area (Å²) in [5.41, 5.74) is 1.32. The fourth-order valence-electron chi connectivity index (χ4n) is 2.35. The van der Waals surface area contributed by atoms with Crippen LogP contribution in [0.25, 0.3) is 0 Å². The third-order valence-corrected chi connectivity index (χ3v) is 3.59. The molecular formula is C11H12BrNO. The minimum Gasteiger partial charge on any atom is -0.374 e. The van der Waals surface area contributed by atoms with E-state index in [1.165, 1.54) is 12.1 Å². The largest absolute Gasteiger partial charge is 0.374 e. The smallest absolute Gasteiger partial charge is 0.0771 e. The summed E-state index contributed by atoms with van der Waals surface area (Å²) in [5, 5.41) is 0. The molecule has 0 amide bonds. The van der Waals surface area contributed by atoms with Crippen LogP contribution in [0.15, 0.2) is 28.7 Å². The van der Waals surface area contributed by atoms with E-state index in [9.17, 15) is 0 Å². The van der Waals surface area contributed by atoms with E-state index in [2.05, 4.69) is 45.1 Å². The minimum absolute atomic E-state index is 0.476. The number of anilines is 1. The summed E-state index contributed by atoms with van der Waals surface area (Å²) >= 11 is 3.45. The molecule has 2 aliphatic rings. The number of halogens is 1. The van der Waals surface area contributed by atoms with Crippen molar-refractivity contribution in [2.24, 2.45) is 0 Å². The van der Waals surface area contributed by atoms with Crippen molar-refractivity contribution in [2.45, 2.75) is 18.6 Å². The van der Waals surface area contributed by atoms with Gasteiger partial charge in [-0.3, -0.25) is 0 Å². The Labute approximate surface area is 92.0 Å². The van der Waals surface area contributed by atoms with Crippen molar-refractivity contribution >= 4 is 21.6 Å². The summed E-state index contributed by atoms with van der Waals surface area (Å²) < 4.78 is 6.72. The monoisotopic (exact) mass is 253 g/mol. The van der Waals surface area contributed by atoms with Crippen LogP contribution >= 0.6 is 15.9 Å². The van der Waals surface area contributed by atoms with Gasteiger partial charge in [0, 0.05) is 16.7 Å². The van der Waals surface area contributed by atoms with E-state index < -0.39 is 0 Å². The molecule has 2 bridgehead atoms. The van der Waals surface area contributed by atoms with Gasteiger partial charge in [-0.05, 0) is 30.7 Å². The molecule has 2 atom stereocenters. The second-order valence-electron chi connectivity index (χ2n) is 3.97. The highest BCUT2D eigenvalue weighted by Gasteiger charge is 2.38. The molecule has 0 spiro atoms. The quantitative estimate of drug-likeness (QED) is 0.763. The van der Waals surface area contributed by atoms with Gasteiger partial charge in [-0.15, -0.1) is 0 Å². The number of ether oxygens (including phenoxy) is 1. The van der Waals surface area contributed by atoms with Gasteiger partial charge >= 0.3 is 0 Å². The molecule has 0 radical (unpaired) electrons. The molecule has 1 aromatic carbocycles. The molecule has 2 aliphatic heterocycles. The Morgan fingerprint density at radius 2 is 2.07 bits per heavy atom. The Bertz CT molecular complexity index is 338. The predicted octanol–water partition coefficient (Wildman–Crippen LogP) is 2.43. The SMILES string of the molecule is Brc1ccc(N2CC3CC2CO3)cc1. The van der Waals surface area contributed by atoms with E-state index in [1.807, 2.05) is 0 Å². The summed E-state index contributed by atoms with van der Waals surface area (Å²) in [6.45, 7) is 1.97. The Kier molecular flexibility index (Phi) is 2.03. The van der Waals surface area contributed by atoms with Gasteiger partial charge in [-0.25, -0.2) is 0 Å². The average Bonchev–Trinajstić information content (AvgIpc) is 2.80. The van der Waals surface area contributed by atoms with Crippen LogP contribution in [0, 0.1) is 0 Å². The molecule has 0 N–H and O–H groups in total. The van der Waals surface area contributed by atoms with Crippen molar-refractivity contribution < 1.29 is 4.74 Å². The molecule has 2 fully saturated rings. The zero-order valence-corrected chi connectivity index (χ0v) is 9.40. The van der Waals surface area contributed by atoms with Gasteiger partial charge in [0.2, 0.25) is 0 Å². The van der Waals surface area contributed by atoms with Crippen LogP contribution < -0.4 is 4.90 Å². The van der Waals surface area contributed by atoms with Gasteiger partial charge < -0.3 is 9.64 Å². The Morgan fingerprint density at radius 3 is 2.64 bits per heavy atom. The summed E-state index contributed by atoms with van der Waals surface area (Å²) in [6, 6.07) is 9.15. The molecule has 14 heavy (non-hydrogen) atoms. The van der Waals surface area contributed by atoms with Crippen LogP contribution in [0.2, 0.25) is 0 Å². The first-order valence-corrected chi connectivity index (χ1v) is 5.76. The van der Waals surface area contributed by atoms with Gasteiger partial charge in [0.05, 0.1) is 18.8 Å². The van der Waals surface area contributed by atoms with E-state index in [4.69, 9.17) is 4.74 Å². The van der Waals surface area contributed by atoms with Gasteiger partial charge in [-0.2, -0.15) is 0 Å². The number of morpholine rings is 1. The molecule has 2 saturated heterocycles. The van der Waals surface area contributed by atoms with Crippen LogP contribution in [0.1, 0.15) is 6.42 Å². The maximum absolute atomic E-state index is 5.58. The van der Waals surface area contributed by atoms with E-state index in [-0.39, 0.29) is 0 Å². The van der Waals surface area contributed by atoms with Crippen LogP contribution in [-0.4, -0.2) is 25.3 Å². The van der Waals surface area contributed by atoms with Crippen LogP contribution in [-0.2, 0) is 4.74 Å². The molecule has 0 aliphatic carbocycles. The number of rotatable bonds is 1. The first-order chi connectivity index (χ1) is 6.83. The van der Waals surface area contributed by atoms with Gasteiger partial charge in [0.1, 0.15) is 0 Å². The zero-order chi connectivity index (χ0) is 9.54. The zero-order valence-electron chi connectivity index (χ0n) is 7.82. The van der Waals surface area contributed by atoms with E-state index in [1.54, 1.807) is 0 Å². The Balaban J connectivity index is 1.86. The average molecular weight is 254 g/mol. The fraction of sp³-hybridized carbons (Fsp3) is 0.455. The first kappa shape index (κ1) is 8.74. The summed E-state index contributed by atoms with van der Waals surface area (Å²) in [4.78, 5) is 2.46. The topological polar surface area (TPSA) is 12.5 Å². The third kappa shape index (κ3) is 1.35. The summed E-state index contributed by atoms with van der Waals surface area (Å²) in [7, 11) is 0. The number of fused-ring (bicyclic) bond motifs is 2. The molecule has 0 saturated carbocycles. The van der Waals surface area contributed by atoms with Crippen molar-refractivity contribution in [1.82, 2.24) is 0 Å². The lowest BCUT2D eigenvalue weighted by Gasteiger charge is -2.28. The highest BCUT2D eigenvalue weighted by molar-refractivity contribution is 9.10. The molecule has 74 valence electrons. The summed E-state index contributed by atoms with van der Waals surface area (Å²) in [5.74, 6) is 0. The van der Waals surface area contributed by atoms with E-state index in [0.29, 0.717) is 12.1 Å². The van der Waals surface area contributed by atoms with Crippen molar-refractivity contribution in [1.29, 1.82) is 0 Å². The molecule has 1 aromatic rings. The maximum Gasteiger partial charge on any atom is 0.0771 e. The second kappa shape index (κ2) is 3.24. The number of hydrogen-bond donors (Lipinski definition) is 0. The lowest BCUT2D eigenvalue weighted by molar-refractivity contribution is 0.0991. The van der Waals surface area contributed by atoms with Gasteiger partial charge in [-0.1, -0.05) is 15.9 Å². The second-order valence-corrected chi connectivity index (χ2v) is 4.89. The normalized spacial score (nSPS) is 29.9. The highest BCUT2D eigenvalue weighted by atomic mass is 79.9. The molecular weight excluding hydrogens is 242 g/mol. The molecule has 2 nitrogen and oxygen atoms in total. The Morgan fingerprint density at radius 1 is 1.29 bits per heavy atom. The minimum atomic E-state index is 0.476. The van der Waals surface area contributed by atoms with E-state index in [0.717, 1.165) is 17.6 Å². The van der Waals surface area contributed by atoms with Crippen LogP contribution in [0.4, 0.5) is 5.69 Å². The van der Waals surface area contributed by atoms with Crippen molar-refractivity contribution in [2.75, 3.05) is 18.1 Å². The first-order valence-electron chi connectivity index (χ1n) is 4.97. The molecule has 3 heteroatoms. The van der Waals surface area contributed by atoms with Gasteiger partial charge in [0.25, 0.3) is 0 Å². The van der Waals surface area contributed by atoms with Crippen LogP contribution in [0.5, 0.6) is 0 Å². The highest BCUT2D eigenvalue weighted by Crippen LogP contribution is 2.32. The van der Waals surface area contributed by atoms with Gasteiger partial charge in [0.15, 0.2) is 0 Å². The lowest BCUT2D eigenvalue weighted by atomic mass is 10.2. The van der Waals surface area contributed by atoms with Crippen molar-refractivity contribution in [3.8, 4) is 0 Å². The predicted molar refractivity (Wildman–Crippen MR) is 59.6 cm³/mol. The number of nitrogens with zero attached hydrogens (tertiary/aromatic N) is 1. The molecule has 2 unspecified atom stereocenters. The lowest BCUT2D eigenvalue weighted by Crippen LogP contribution is -2.36. The fourth-order valence-corrected chi connectivity index (χ4v) is 2.61. The number of benzene rings is 1. The molecule has 0 aromatic heterocycles. The Hall–Kier alpha value is -0.540. The number of hydrogen-bond acceptors (Lipinski definition) is 2. The molecule has 3 rings (SSSR count). The maximum atomic E-state index is 5.58. The third-order valence-electron chi connectivity index (χ3n) is 3.06. The van der Waals surface area contributed by atoms with Crippen molar-refractivity contribution in [3.63, 3.8) is 0 Å². The van der Waals surface area contributed by atoms with Crippen molar-refractivity contribution in [3.05, 3.63) is 28.7 Å². The van der Waals surface area contributed by atoms with Crippen LogP contribution in [0.3, 0.4) is 0 Å². The van der Waals surface area contributed by atoms with E-state index >= 15 is 0 Å². The molecule has 2 heterocycles. The standard InChI is InChI=1S/C11H12BrNO/c12-8-1-3-9(4-2-8)13-6-11-5-10(13)7-14-11/h1-4,10-11H,5-7H2.